The first-order valence-electron chi connectivity index (χ1n) is 10.1. The Morgan fingerprint density at radius 2 is 1.21 bits per heavy atom. The molecule has 0 radical (unpaired) electrons. The molecule has 1 saturated heterocycles. The molecule has 1 aliphatic heterocycles. The van der Waals surface area contributed by atoms with Crippen LogP contribution in [0.3, 0.4) is 0 Å². The van der Waals surface area contributed by atoms with Crippen molar-refractivity contribution in [3.8, 4) is 11.3 Å². The molecule has 5 rings (SSSR count). The molecule has 1 fully saturated rings. The zero-order valence-electron chi connectivity index (χ0n) is 17.3. The number of para-hydroxylation sites is 1. The van der Waals surface area contributed by atoms with Gasteiger partial charge in [-0.1, -0.05) is 66.7 Å². The Morgan fingerprint density at radius 1 is 0.655 bits per heavy atom. The van der Waals surface area contributed by atoms with E-state index in [9.17, 15) is 0 Å². The highest BCUT2D eigenvalue weighted by molar-refractivity contribution is 6.62. The lowest BCUT2D eigenvalue weighted by atomic mass is 9.78. The van der Waals surface area contributed by atoms with Crippen molar-refractivity contribution in [2.75, 3.05) is 0 Å². The van der Waals surface area contributed by atoms with Gasteiger partial charge < -0.3 is 9.31 Å². The molecule has 144 valence electrons. The van der Waals surface area contributed by atoms with Gasteiger partial charge >= 0.3 is 7.12 Å². The SMILES string of the molecule is CC1(C)OB(c2ccc(-c3nc4ccccc4c4ccccc34)cc2)OC1(C)C. The molecular weight excluding hydrogens is 357 g/mol. The lowest BCUT2D eigenvalue weighted by Gasteiger charge is -2.32. The van der Waals surface area contributed by atoms with Crippen molar-refractivity contribution in [3.05, 3.63) is 72.8 Å². The van der Waals surface area contributed by atoms with E-state index in [1.165, 1.54) is 10.8 Å². The van der Waals surface area contributed by atoms with Gasteiger partial charge in [0.05, 0.1) is 22.4 Å². The second-order valence-corrected chi connectivity index (χ2v) is 8.73. The molecule has 0 unspecified atom stereocenters. The van der Waals surface area contributed by atoms with Crippen molar-refractivity contribution in [1.29, 1.82) is 0 Å². The van der Waals surface area contributed by atoms with Crippen molar-refractivity contribution in [2.24, 2.45) is 0 Å². The minimum Gasteiger partial charge on any atom is -0.399 e. The van der Waals surface area contributed by atoms with E-state index in [-0.39, 0.29) is 18.3 Å². The summed E-state index contributed by atoms with van der Waals surface area (Å²) in [6, 6.07) is 25.2. The van der Waals surface area contributed by atoms with E-state index in [1.807, 2.05) is 6.07 Å². The van der Waals surface area contributed by atoms with Gasteiger partial charge in [0.15, 0.2) is 0 Å². The quantitative estimate of drug-likeness (QED) is 0.346. The zero-order valence-corrected chi connectivity index (χ0v) is 17.3. The normalized spacial score (nSPS) is 17.9. The van der Waals surface area contributed by atoms with Crippen LogP contribution in [0, 0.1) is 0 Å². The molecule has 0 amide bonds. The predicted molar refractivity (Wildman–Crippen MR) is 120 cm³/mol. The highest BCUT2D eigenvalue weighted by Gasteiger charge is 2.51. The van der Waals surface area contributed by atoms with Gasteiger partial charge in [0.1, 0.15) is 0 Å². The molecule has 0 N–H and O–H groups in total. The summed E-state index contributed by atoms with van der Waals surface area (Å²) < 4.78 is 12.4. The number of fused-ring (bicyclic) bond motifs is 3. The summed E-state index contributed by atoms with van der Waals surface area (Å²) in [6.07, 6.45) is 0. The summed E-state index contributed by atoms with van der Waals surface area (Å²) >= 11 is 0. The number of hydrogen-bond donors (Lipinski definition) is 0. The first kappa shape index (κ1) is 18.4. The molecule has 1 aliphatic rings. The molecule has 2 heterocycles. The fraction of sp³-hybridized carbons (Fsp3) is 0.240. The van der Waals surface area contributed by atoms with Gasteiger partial charge in [0, 0.05) is 16.3 Å². The number of rotatable bonds is 2. The molecule has 0 aliphatic carbocycles. The predicted octanol–water partition coefficient (Wildman–Crippen LogP) is 5.35. The largest absolute Gasteiger partial charge is 0.494 e. The van der Waals surface area contributed by atoms with E-state index >= 15 is 0 Å². The molecule has 0 saturated carbocycles. The third-order valence-electron chi connectivity index (χ3n) is 6.32. The van der Waals surface area contributed by atoms with Gasteiger partial charge in [-0.05, 0) is 44.6 Å². The molecule has 4 heteroatoms. The summed E-state index contributed by atoms with van der Waals surface area (Å²) in [7, 11) is -0.352. The molecule has 4 aromatic rings. The Kier molecular flexibility index (Phi) is 4.06. The van der Waals surface area contributed by atoms with Crippen LogP contribution in [-0.4, -0.2) is 23.3 Å². The smallest absolute Gasteiger partial charge is 0.399 e. The maximum absolute atomic E-state index is 6.19. The summed E-state index contributed by atoms with van der Waals surface area (Å²) in [6.45, 7) is 8.30. The second-order valence-electron chi connectivity index (χ2n) is 8.73. The van der Waals surface area contributed by atoms with Crippen LogP contribution in [0.25, 0.3) is 32.9 Å². The van der Waals surface area contributed by atoms with Crippen molar-refractivity contribution in [3.63, 3.8) is 0 Å². The van der Waals surface area contributed by atoms with Crippen LogP contribution in [0.2, 0.25) is 0 Å². The van der Waals surface area contributed by atoms with E-state index in [0.717, 1.165) is 27.6 Å². The molecule has 3 aromatic carbocycles. The number of hydrogen-bond acceptors (Lipinski definition) is 3. The van der Waals surface area contributed by atoms with E-state index < -0.39 is 0 Å². The van der Waals surface area contributed by atoms with E-state index in [2.05, 4.69) is 94.4 Å². The highest BCUT2D eigenvalue weighted by Crippen LogP contribution is 2.37. The second kappa shape index (κ2) is 6.41. The Hall–Kier alpha value is -2.69. The highest BCUT2D eigenvalue weighted by atomic mass is 16.7. The third-order valence-corrected chi connectivity index (χ3v) is 6.32. The number of aromatic nitrogens is 1. The molecule has 29 heavy (non-hydrogen) atoms. The van der Waals surface area contributed by atoms with Gasteiger partial charge in [-0.2, -0.15) is 0 Å². The van der Waals surface area contributed by atoms with Crippen LogP contribution in [0.15, 0.2) is 72.8 Å². The molecule has 0 atom stereocenters. The van der Waals surface area contributed by atoms with Crippen LogP contribution in [0.4, 0.5) is 0 Å². The van der Waals surface area contributed by atoms with Crippen LogP contribution in [-0.2, 0) is 9.31 Å². The number of pyridine rings is 1. The Balaban J connectivity index is 1.58. The fourth-order valence-corrected chi connectivity index (χ4v) is 3.90. The van der Waals surface area contributed by atoms with Crippen molar-refractivity contribution in [1.82, 2.24) is 4.98 Å². The van der Waals surface area contributed by atoms with E-state index in [1.54, 1.807) is 0 Å². The average Bonchev–Trinajstić information content (AvgIpc) is 2.95. The van der Waals surface area contributed by atoms with Crippen LogP contribution < -0.4 is 5.46 Å². The summed E-state index contributed by atoms with van der Waals surface area (Å²) in [4.78, 5) is 4.98. The van der Waals surface area contributed by atoms with Gasteiger partial charge in [0.25, 0.3) is 0 Å². The Morgan fingerprint density at radius 3 is 1.86 bits per heavy atom. The third kappa shape index (κ3) is 2.95. The van der Waals surface area contributed by atoms with Gasteiger partial charge in [-0.25, -0.2) is 4.98 Å². The summed E-state index contributed by atoms with van der Waals surface area (Å²) in [5, 5.41) is 3.57. The first-order chi connectivity index (χ1) is 13.9. The Labute approximate surface area is 171 Å². The van der Waals surface area contributed by atoms with Gasteiger partial charge in [0.2, 0.25) is 0 Å². The van der Waals surface area contributed by atoms with E-state index in [4.69, 9.17) is 14.3 Å². The number of nitrogens with zero attached hydrogens (tertiary/aromatic N) is 1. The fourth-order valence-electron chi connectivity index (χ4n) is 3.90. The number of benzene rings is 3. The molecule has 1 aromatic heterocycles. The molecular formula is C25H24BNO2. The molecule has 3 nitrogen and oxygen atoms in total. The van der Waals surface area contributed by atoms with Crippen molar-refractivity contribution >= 4 is 34.3 Å². The van der Waals surface area contributed by atoms with Gasteiger partial charge in [-0.15, -0.1) is 0 Å². The standard InChI is InChI=1S/C25H24BNO2/c1-24(2)25(3,4)29-26(28-24)18-15-13-17(14-16-18)23-21-11-6-5-9-19(21)20-10-7-8-12-22(20)27-23/h5-16H,1-4H3. The van der Waals surface area contributed by atoms with Crippen LogP contribution >= 0.6 is 0 Å². The average molecular weight is 381 g/mol. The first-order valence-corrected chi connectivity index (χ1v) is 10.1. The zero-order chi connectivity index (χ0) is 20.2. The summed E-state index contributed by atoms with van der Waals surface area (Å²) in [5.74, 6) is 0. The van der Waals surface area contributed by atoms with Gasteiger partial charge in [-0.3, -0.25) is 0 Å². The topological polar surface area (TPSA) is 31.4 Å². The molecule has 0 spiro atoms. The van der Waals surface area contributed by atoms with Crippen LogP contribution in [0.1, 0.15) is 27.7 Å². The van der Waals surface area contributed by atoms with Crippen molar-refractivity contribution < 1.29 is 9.31 Å². The monoisotopic (exact) mass is 381 g/mol. The Bertz CT molecular complexity index is 1200. The maximum Gasteiger partial charge on any atom is 0.494 e. The molecule has 0 bridgehead atoms. The van der Waals surface area contributed by atoms with Crippen molar-refractivity contribution in [2.45, 2.75) is 38.9 Å². The lowest BCUT2D eigenvalue weighted by molar-refractivity contribution is 0.00578. The minimum absolute atomic E-state index is 0.341. The maximum atomic E-state index is 6.19. The summed E-state index contributed by atoms with van der Waals surface area (Å²) in [5.41, 5.74) is 3.44. The minimum atomic E-state index is -0.352. The van der Waals surface area contributed by atoms with Crippen LogP contribution in [0.5, 0.6) is 0 Å². The lowest BCUT2D eigenvalue weighted by Crippen LogP contribution is -2.41. The van der Waals surface area contributed by atoms with E-state index in [0.29, 0.717) is 0 Å².